The number of methoxy groups -OCH3 is 1. The maximum Gasteiger partial charge on any atom is 0.416 e. The molecule has 0 radical (unpaired) electrons. The highest BCUT2D eigenvalue weighted by Crippen LogP contribution is 2.34. The second-order valence-electron chi connectivity index (χ2n) is 6.97. The lowest BCUT2D eigenvalue weighted by molar-refractivity contribution is -0.137. The van der Waals surface area contributed by atoms with E-state index in [1.165, 1.54) is 31.8 Å². The number of hydrogen-bond acceptors (Lipinski definition) is 7. The van der Waals surface area contributed by atoms with Gasteiger partial charge >= 0.3 is 6.18 Å². The molecule has 1 aliphatic heterocycles. The Kier molecular flexibility index (Phi) is 5.54. The maximum atomic E-state index is 13.2. The second kappa shape index (κ2) is 8.33. The van der Waals surface area contributed by atoms with Crippen molar-refractivity contribution in [1.82, 2.24) is 14.8 Å². The Bertz CT molecular complexity index is 1230. The van der Waals surface area contributed by atoms with Gasteiger partial charge in [-0.05, 0) is 35.5 Å². The number of carbonyl (C=O) groups excluding carboxylic acids is 2. The molecule has 1 N–H and O–H groups in total. The quantitative estimate of drug-likeness (QED) is 0.583. The van der Waals surface area contributed by atoms with Gasteiger partial charge < -0.3 is 15.0 Å². The molecule has 1 aliphatic rings. The summed E-state index contributed by atoms with van der Waals surface area (Å²) in [5, 5.41) is 9.49. The fourth-order valence-electron chi connectivity index (χ4n) is 3.32. The number of amides is 2. The van der Waals surface area contributed by atoms with Crippen LogP contribution >= 0.6 is 0 Å². The third kappa shape index (κ3) is 4.12. The van der Waals surface area contributed by atoms with Crippen molar-refractivity contribution < 1.29 is 27.5 Å². The van der Waals surface area contributed by atoms with E-state index in [4.69, 9.17) is 4.74 Å². The first kappa shape index (κ1) is 21.9. The van der Waals surface area contributed by atoms with Crippen molar-refractivity contribution in [3.05, 3.63) is 70.7 Å². The molecule has 3 aromatic rings. The molecule has 0 fully saturated rings. The third-order valence-corrected chi connectivity index (χ3v) is 4.96. The zero-order valence-electron chi connectivity index (χ0n) is 16.9. The Balaban J connectivity index is 1.66. The van der Waals surface area contributed by atoms with Gasteiger partial charge in [-0.25, -0.2) is 4.68 Å². The normalized spacial score (nSPS) is 15.7. The van der Waals surface area contributed by atoms with E-state index in [-0.39, 0.29) is 29.2 Å². The topological polar surface area (TPSA) is 119 Å². The zero-order chi connectivity index (χ0) is 23.8. The molecular weight excluding hydrogens is 445 g/mol. The first-order chi connectivity index (χ1) is 15.7. The molecule has 170 valence electrons. The Morgan fingerprint density at radius 1 is 1.21 bits per heavy atom. The number of rotatable bonds is 5. The fourth-order valence-corrected chi connectivity index (χ4v) is 3.32. The predicted molar refractivity (Wildman–Crippen MR) is 109 cm³/mol. The van der Waals surface area contributed by atoms with Gasteiger partial charge in [-0.1, -0.05) is 0 Å². The number of anilines is 2. The lowest BCUT2D eigenvalue weighted by Gasteiger charge is -2.30. The smallest absolute Gasteiger partial charge is 0.416 e. The van der Waals surface area contributed by atoms with Crippen LogP contribution in [0.4, 0.5) is 24.5 Å². The van der Waals surface area contributed by atoms with E-state index >= 15 is 0 Å². The fraction of sp³-hybridized carbons (Fsp3) is 0.200. The van der Waals surface area contributed by atoms with E-state index in [0.717, 1.165) is 33.8 Å². The van der Waals surface area contributed by atoms with Gasteiger partial charge in [-0.2, -0.15) is 18.3 Å². The highest BCUT2D eigenvalue weighted by atomic mass is 19.4. The molecule has 10 nitrogen and oxygen atoms in total. The van der Waals surface area contributed by atoms with Crippen molar-refractivity contribution in [1.29, 1.82) is 0 Å². The molecule has 13 heteroatoms. The molecule has 2 amide bonds. The Morgan fingerprint density at radius 3 is 2.58 bits per heavy atom. The molecule has 3 heterocycles. The average Bonchev–Trinajstić information content (AvgIpc) is 3.23. The number of benzene rings is 1. The summed E-state index contributed by atoms with van der Waals surface area (Å²) in [5.74, 6) is -0.951. The van der Waals surface area contributed by atoms with Gasteiger partial charge in [-0.15, -0.1) is 4.91 Å². The summed E-state index contributed by atoms with van der Waals surface area (Å²) in [6.07, 6.45) is -1.80. The molecule has 0 saturated heterocycles. The second-order valence-corrected chi connectivity index (χ2v) is 6.97. The van der Waals surface area contributed by atoms with Crippen LogP contribution in [0.3, 0.4) is 0 Å². The van der Waals surface area contributed by atoms with Crippen LogP contribution in [0.5, 0.6) is 5.75 Å². The number of hydrogen-bond donors (Lipinski definition) is 1. The largest absolute Gasteiger partial charge is 0.495 e. The average molecular weight is 460 g/mol. The summed E-state index contributed by atoms with van der Waals surface area (Å²) in [7, 11) is 1.41. The minimum atomic E-state index is -4.54. The van der Waals surface area contributed by atoms with Gasteiger partial charge in [0.15, 0.2) is 5.69 Å². The summed E-state index contributed by atoms with van der Waals surface area (Å²) in [4.78, 5) is 42.2. The van der Waals surface area contributed by atoms with E-state index < -0.39 is 29.7 Å². The molecule has 0 aliphatic carbocycles. The number of pyridine rings is 1. The molecule has 1 aromatic carbocycles. The van der Waals surface area contributed by atoms with Crippen LogP contribution in [0.2, 0.25) is 0 Å². The lowest BCUT2D eigenvalue weighted by Crippen LogP contribution is -2.43. The number of fused-ring (bicyclic) bond motifs is 1. The van der Waals surface area contributed by atoms with E-state index in [1.54, 1.807) is 0 Å². The first-order valence-corrected chi connectivity index (χ1v) is 9.42. The molecule has 4 rings (SSSR count). The van der Waals surface area contributed by atoms with Crippen molar-refractivity contribution in [2.75, 3.05) is 23.9 Å². The van der Waals surface area contributed by atoms with Crippen LogP contribution in [-0.2, 0) is 6.18 Å². The highest BCUT2D eigenvalue weighted by molar-refractivity contribution is 6.13. The van der Waals surface area contributed by atoms with Gasteiger partial charge in [-0.3, -0.25) is 14.6 Å². The van der Waals surface area contributed by atoms with Crippen LogP contribution in [0.25, 0.3) is 0 Å². The molecule has 0 saturated carbocycles. The summed E-state index contributed by atoms with van der Waals surface area (Å²) in [6, 6.07) is 5.33. The number of alkyl halides is 3. The van der Waals surface area contributed by atoms with Crippen LogP contribution in [0.15, 0.2) is 54.1 Å². The van der Waals surface area contributed by atoms with Gasteiger partial charge in [0.2, 0.25) is 6.17 Å². The van der Waals surface area contributed by atoms with Crippen molar-refractivity contribution in [2.45, 2.75) is 12.3 Å². The minimum Gasteiger partial charge on any atom is -0.495 e. The van der Waals surface area contributed by atoms with Crippen LogP contribution < -0.4 is 15.0 Å². The summed E-state index contributed by atoms with van der Waals surface area (Å²) in [5.41, 5.74) is -0.760. The van der Waals surface area contributed by atoms with E-state index in [1.807, 2.05) is 0 Å². The summed E-state index contributed by atoms with van der Waals surface area (Å²) >= 11 is 0. The van der Waals surface area contributed by atoms with Crippen molar-refractivity contribution >= 4 is 23.2 Å². The number of nitroso groups, excluding NO2 is 1. The molecule has 0 unspecified atom stereocenters. The van der Waals surface area contributed by atoms with Gasteiger partial charge in [0, 0.05) is 11.9 Å². The monoisotopic (exact) mass is 460 g/mol. The number of carbonyl (C=O) groups is 2. The van der Waals surface area contributed by atoms with Crippen molar-refractivity contribution in [3.63, 3.8) is 0 Å². The van der Waals surface area contributed by atoms with Crippen LogP contribution in [0.1, 0.15) is 32.6 Å². The Morgan fingerprint density at radius 2 is 1.94 bits per heavy atom. The van der Waals surface area contributed by atoms with Crippen LogP contribution in [-0.4, -0.2) is 40.2 Å². The highest BCUT2D eigenvalue weighted by Gasteiger charge is 2.37. The molecule has 2 aromatic heterocycles. The molecule has 1 atom stereocenters. The maximum absolute atomic E-state index is 13.2. The lowest BCUT2D eigenvalue weighted by atomic mass is 10.1. The number of nitrogens with one attached hydrogen (secondary N) is 1. The summed E-state index contributed by atoms with van der Waals surface area (Å²) in [6.45, 7) is -0.241. The number of aromatic nitrogens is 3. The predicted octanol–water partition coefficient (Wildman–Crippen LogP) is 3.48. The molecule has 0 bridgehead atoms. The number of nitrogens with zero attached hydrogens (tertiary/aromatic N) is 5. The van der Waals surface area contributed by atoms with Gasteiger partial charge in [0.1, 0.15) is 5.75 Å². The Labute approximate surface area is 183 Å². The van der Waals surface area contributed by atoms with E-state index in [0.29, 0.717) is 5.75 Å². The SMILES string of the molecule is COc1cncc(C(=O)Nc2cnn3c2C(=O)N(c2ccc(C(F)(F)F)cc2)C[C@@H]3N=O)c1. The molecule has 33 heavy (non-hydrogen) atoms. The van der Waals surface area contributed by atoms with E-state index in [2.05, 4.69) is 20.6 Å². The van der Waals surface area contributed by atoms with Gasteiger partial charge in [0.05, 0.1) is 42.9 Å². The zero-order valence-corrected chi connectivity index (χ0v) is 16.9. The third-order valence-electron chi connectivity index (χ3n) is 4.96. The Hall–Kier alpha value is -4.29. The van der Waals surface area contributed by atoms with E-state index in [9.17, 15) is 27.7 Å². The minimum absolute atomic E-state index is 0.00178. The standard InChI is InChI=1S/C20H15F3N6O4/c1-33-14-6-11(7-24-8-14)18(30)26-15-9-25-29-16(27-32)10-28(19(31)17(15)29)13-4-2-12(3-5-13)20(21,22)23/h2-9,16H,10H2,1H3,(H,26,30)/t16-/m1/s1. The number of halogens is 3. The number of ether oxygens (including phenoxy) is 1. The van der Waals surface area contributed by atoms with Crippen molar-refractivity contribution in [3.8, 4) is 5.75 Å². The summed E-state index contributed by atoms with van der Waals surface area (Å²) < 4.78 is 44.7. The molecular formula is C20H15F3N6O4. The van der Waals surface area contributed by atoms with Gasteiger partial charge in [0.25, 0.3) is 11.8 Å². The van der Waals surface area contributed by atoms with Crippen molar-refractivity contribution in [2.24, 2.45) is 5.18 Å². The van der Waals surface area contributed by atoms with Crippen LogP contribution in [0, 0.1) is 4.91 Å². The first-order valence-electron chi connectivity index (χ1n) is 9.42. The molecule has 0 spiro atoms.